The number of rotatable bonds is 5. The van der Waals surface area contributed by atoms with E-state index in [9.17, 15) is 9.59 Å². The van der Waals surface area contributed by atoms with Gasteiger partial charge in [0.25, 0.3) is 0 Å². The Balaban J connectivity index is 0. The standard InChI is InChI=1S/C7H16N2O2.C6H12N2O.ClH/c1-11-7(10)6(9)4-2-3-5-8;7-5-3-1-2-4-8-6(5)9;/h6H,2-5,8-9H2,1H3;5H,1-4,7H2,(H,8,9);1H/t6-;5-;/m01./s1. The molecule has 0 aromatic heterocycles. The molecular weight excluding hydrogens is 296 g/mol. The van der Waals surface area contributed by atoms with Gasteiger partial charge in [-0.2, -0.15) is 0 Å². The highest BCUT2D eigenvalue weighted by Gasteiger charge is 2.14. The maximum absolute atomic E-state index is 10.8. The summed E-state index contributed by atoms with van der Waals surface area (Å²) in [5.41, 5.74) is 16.2. The fourth-order valence-electron chi connectivity index (χ4n) is 1.74. The fourth-order valence-corrected chi connectivity index (χ4v) is 1.74. The molecule has 1 aliphatic heterocycles. The van der Waals surface area contributed by atoms with Gasteiger partial charge in [-0.05, 0) is 38.6 Å². The minimum Gasteiger partial charge on any atom is -0.468 e. The number of amides is 1. The molecule has 1 aliphatic rings. The van der Waals surface area contributed by atoms with Gasteiger partial charge < -0.3 is 27.3 Å². The Hall–Kier alpha value is -0.890. The number of halogens is 1. The van der Waals surface area contributed by atoms with E-state index in [-0.39, 0.29) is 30.3 Å². The third-order valence-corrected chi connectivity index (χ3v) is 3.05. The molecule has 0 aliphatic carbocycles. The molecule has 8 heteroatoms. The van der Waals surface area contributed by atoms with Gasteiger partial charge in [-0.1, -0.05) is 6.42 Å². The zero-order chi connectivity index (χ0) is 15.4. The Morgan fingerprint density at radius 1 is 1.43 bits per heavy atom. The number of methoxy groups -OCH3 is 1. The van der Waals surface area contributed by atoms with Gasteiger partial charge in [0.15, 0.2) is 0 Å². The van der Waals surface area contributed by atoms with Gasteiger partial charge >= 0.3 is 5.97 Å². The second-order valence-corrected chi connectivity index (χ2v) is 4.81. The van der Waals surface area contributed by atoms with E-state index in [1.807, 2.05) is 0 Å². The maximum Gasteiger partial charge on any atom is 0.322 e. The number of carbonyl (C=O) groups is 2. The number of nitrogens with one attached hydrogen (secondary N) is 1. The largest absolute Gasteiger partial charge is 0.468 e. The third kappa shape index (κ3) is 11.4. The predicted molar refractivity (Wildman–Crippen MR) is 85.0 cm³/mol. The first-order valence-corrected chi connectivity index (χ1v) is 7.09. The van der Waals surface area contributed by atoms with Crippen molar-refractivity contribution < 1.29 is 14.3 Å². The number of unbranched alkanes of at least 4 members (excludes halogenated alkanes) is 1. The molecule has 1 fully saturated rings. The molecule has 7 nitrogen and oxygen atoms in total. The van der Waals surface area contributed by atoms with E-state index < -0.39 is 6.04 Å². The Bertz CT molecular complexity index is 293. The van der Waals surface area contributed by atoms with E-state index in [0.29, 0.717) is 13.0 Å². The lowest BCUT2D eigenvalue weighted by molar-refractivity contribution is -0.142. The zero-order valence-corrected chi connectivity index (χ0v) is 13.5. The quantitative estimate of drug-likeness (QED) is 0.403. The van der Waals surface area contributed by atoms with E-state index in [4.69, 9.17) is 17.2 Å². The molecule has 0 aromatic rings. The molecule has 2 atom stereocenters. The fraction of sp³-hybridized carbons (Fsp3) is 0.846. The third-order valence-electron chi connectivity index (χ3n) is 3.05. The van der Waals surface area contributed by atoms with Crippen molar-refractivity contribution in [2.75, 3.05) is 20.2 Å². The van der Waals surface area contributed by atoms with Crippen LogP contribution in [0.3, 0.4) is 0 Å². The van der Waals surface area contributed by atoms with Gasteiger partial charge in [-0.15, -0.1) is 12.4 Å². The van der Waals surface area contributed by atoms with Crippen molar-refractivity contribution >= 4 is 24.3 Å². The van der Waals surface area contributed by atoms with Crippen molar-refractivity contribution in [1.82, 2.24) is 5.32 Å². The summed E-state index contributed by atoms with van der Waals surface area (Å²) in [5, 5.41) is 2.73. The van der Waals surface area contributed by atoms with Crippen molar-refractivity contribution in [3.63, 3.8) is 0 Å². The smallest absolute Gasteiger partial charge is 0.322 e. The number of ether oxygens (including phenoxy) is 1. The van der Waals surface area contributed by atoms with Crippen LogP contribution in [0.15, 0.2) is 0 Å². The lowest BCUT2D eigenvalue weighted by Crippen LogP contribution is -2.38. The predicted octanol–water partition coefficient (Wildman–Crippen LogP) is -0.349. The molecule has 1 saturated heterocycles. The summed E-state index contributed by atoms with van der Waals surface area (Å²) in [7, 11) is 1.34. The van der Waals surface area contributed by atoms with Gasteiger partial charge in [0.05, 0.1) is 13.2 Å². The summed E-state index contributed by atoms with van der Waals surface area (Å²) >= 11 is 0. The SMILES string of the molecule is COC(=O)[C@@H](N)CCCCN.Cl.N[C@@H]1CCCCNC1=O. The average Bonchev–Trinajstić information content (AvgIpc) is 2.64. The van der Waals surface area contributed by atoms with Crippen LogP contribution in [0.1, 0.15) is 38.5 Å². The van der Waals surface area contributed by atoms with Crippen LogP contribution < -0.4 is 22.5 Å². The van der Waals surface area contributed by atoms with E-state index in [2.05, 4.69) is 10.1 Å². The summed E-state index contributed by atoms with van der Waals surface area (Å²) in [6.07, 6.45) is 5.42. The molecule has 1 heterocycles. The minimum atomic E-state index is -0.480. The molecule has 0 saturated carbocycles. The highest BCUT2D eigenvalue weighted by Crippen LogP contribution is 2.02. The van der Waals surface area contributed by atoms with Crippen LogP contribution in [0.25, 0.3) is 0 Å². The zero-order valence-electron chi connectivity index (χ0n) is 12.7. The van der Waals surface area contributed by atoms with Crippen LogP contribution >= 0.6 is 12.4 Å². The molecule has 0 bridgehead atoms. The molecule has 0 radical (unpaired) electrons. The Labute approximate surface area is 132 Å². The maximum atomic E-state index is 10.8. The van der Waals surface area contributed by atoms with Crippen molar-refractivity contribution in [2.24, 2.45) is 17.2 Å². The van der Waals surface area contributed by atoms with Gasteiger partial charge in [-0.3, -0.25) is 9.59 Å². The van der Waals surface area contributed by atoms with Gasteiger partial charge in [0, 0.05) is 6.54 Å². The topological polar surface area (TPSA) is 133 Å². The molecule has 0 aromatic carbocycles. The summed E-state index contributed by atoms with van der Waals surface area (Å²) in [4.78, 5) is 21.5. The molecule has 0 spiro atoms. The van der Waals surface area contributed by atoms with E-state index in [1.165, 1.54) is 7.11 Å². The van der Waals surface area contributed by atoms with E-state index in [0.717, 1.165) is 38.6 Å². The lowest BCUT2D eigenvalue weighted by atomic mass is 10.1. The van der Waals surface area contributed by atoms with Crippen LogP contribution in [0.2, 0.25) is 0 Å². The number of nitrogens with two attached hydrogens (primary N) is 3. The van der Waals surface area contributed by atoms with Crippen molar-refractivity contribution in [2.45, 2.75) is 50.6 Å². The Kier molecular flexibility index (Phi) is 15.0. The van der Waals surface area contributed by atoms with Gasteiger partial charge in [-0.25, -0.2) is 0 Å². The highest BCUT2D eigenvalue weighted by molar-refractivity contribution is 5.85. The normalized spacial score (nSPS) is 19.0. The van der Waals surface area contributed by atoms with Crippen LogP contribution in [0.5, 0.6) is 0 Å². The van der Waals surface area contributed by atoms with Crippen LogP contribution in [0.4, 0.5) is 0 Å². The first-order chi connectivity index (χ1) is 9.52. The summed E-state index contributed by atoms with van der Waals surface area (Å²) in [6, 6.07) is -0.737. The Morgan fingerprint density at radius 3 is 2.67 bits per heavy atom. The second kappa shape index (κ2) is 14.1. The van der Waals surface area contributed by atoms with Crippen LogP contribution in [-0.2, 0) is 14.3 Å². The molecule has 1 rings (SSSR count). The molecule has 126 valence electrons. The average molecular weight is 325 g/mol. The van der Waals surface area contributed by atoms with Crippen molar-refractivity contribution in [3.05, 3.63) is 0 Å². The van der Waals surface area contributed by atoms with Crippen molar-refractivity contribution in [3.8, 4) is 0 Å². The Morgan fingerprint density at radius 2 is 2.10 bits per heavy atom. The first-order valence-electron chi connectivity index (χ1n) is 7.09. The molecular formula is C13H29ClN4O3. The van der Waals surface area contributed by atoms with Crippen LogP contribution in [0, 0.1) is 0 Å². The number of esters is 1. The van der Waals surface area contributed by atoms with Gasteiger partial charge in [0.2, 0.25) is 5.91 Å². The lowest BCUT2D eigenvalue weighted by Gasteiger charge is -2.07. The minimum absolute atomic E-state index is 0. The summed E-state index contributed by atoms with van der Waals surface area (Å²) in [6.45, 7) is 1.44. The number of hydrogen-bond acceptors (Lipinski definition) is 6. The summed E-state index contributed by atoms with van der Waals surface area (Å²) < 4.78 is 4.45. The number of hydrogen-bond donors (Lipinski definition) is 4. The molecule has 0 unspecified atom stereocenters. The molecule has 21 heavy (non-hydrogen) atoms. The van der Waals surface area contributed by atoms with Gasteiger partial charge in [0.1, 0.15) is 6.04 Å². The number of carbonyl (C=O) groups excluding carboxylic acids is 2. The second-order valence-electron chi connectivity index (χ2n) is 4.81. The van der Waals surface area contributed by atoms with Crippen LogP contribution in [-0.4, -0.2) is 44.2 Å². The van der Waals surface area contributed by atoms with Crippen molar-refractivity contribution in [1.29, 1.82) is 0 Å². The molecule has 7 N–H and O–H groups in total. The summed E-state index contributed by atoms with van der Waals surface area (Å²) in [5.74, 6) is -0.338. The molecule has 1 amide bonds. The highest BCUT2D eigenvalue weighted by atomic mass is 35.5. The first kappa shape index (κ1) is 22.4. The van der Waals surface area contributed by atoms with E-state index >= 15 is 0 Å². The van der Waals surface area contributed by atoms with E-state index in [1.54, 1.807) is 0 Å². The monoisotopic (exact) mass is 324 g/mol.